The topological polar surface area (TPSA) is 34.1 Å². The molecule has 0 saturated carbocycles. The van der Waals surface area contributed by atoms with Crippen LogP contribution in [0.4, 0.5) is 0 Å². The average molecular weight is 313 g/mol. The maximum Gasteiger partial charge on any atom is 0.212 e. The van der Waals surface area contributed by atoms with Gasteiger partial charge in [0.1, 0.15) is 0 Å². The Kier molecular flexibility index (Phi) is 4.53. The van der Waals surface area contributed by atoms with Crippen molar-refractivity contribution >= 4 is 27.3 Å². The monoisotopic (exact) mass is 312 g/mol. The highest BCUT2D eigenvalue weighted by atomic mass is 79.9. The molecule has 5 heteroatoms. The Morgan fingerprint density at radius 2 is 2.29 bits per heavy atom. The third-order valence-corrected chi connectivity index (χ3v) is 3.95. The zero-order chi connectivity index (χ0) is 12.1. The summed E-state index contributed by atoms with van der Waals surface area (Å²) in [5.74, 6) is 0.649. The van der Waals surface area contributed by atoms with Gasteiger partial charge in [-0.2, -0.15) is 0 Å². The Morgan fingerprint density at radius 1 is 1.41 bits per heavy atom. The summed E-state index contributed by atoms with van der Waals surface area (Å²) < 4.78 is 6.15. The average Bonchev–Trinajstić information content (AvgIpc) is 2.76. The minimum Gasteiger partial charge on any atom is -0.481 e. The van der Waals surface area contributed by atoms with E-state index in [0.29, 0.717) is 5.88 Å². The maximum atomic E-state index is 5.01. The lowest BCUT2D eigenvalue weighted by molar-refractivity contribution is 0.397. The van der Waals surface area contributed by atoms with Gasteiger partial charge in [-0.1, -0.05) is 6.07 Å². The van der Waals surface area contributed by atoms with Gasteiger partial charge in [0.05, 0.1) is 7.11 Å². The second-order valence-electron chi connectivity index (χ2n) is 3.54. The van der Waals surface area contributed by atoms with E-state index < -0.39 is 0 Å². The molecule has 3 nitrogen and oxygen atoms in total. The molecule has 0 saturated heterocycles. The Bertz CT molecular complexity index is 470. The molecule has 0 amide bonds. The van der Waals surface area contributed by atoms with Gasteiger partial charge in [-0.05, 0) is 27.6 Å². The number of pyridine rings is 1. The molecular weight excluding hydrogens is 300 g/mol. The fraction of sp³-hybridized carbons (Fsp3) is 0.250. The van der Waals surface area contributed by atoms with E-state index in [0.717, 1.165) is 23.1 Å². The van der Waals surface area contributed by atoms with Crippen molar-refractivity contribution in [3.63, 3.8) is 0 Å². The number of hydrogen-bond acceptors (Lipinski definition) is 4. The van der Waals surface area contributed by atoms with Crippen molar-refractivity contribution in [2.75, 3.05) is 7.11 Å². The van der Waals surface area contributed by atoms with Crippen molar-refractivity contribution in [1.29, 1.82) is 0 Å². The standard InChI is InChI=1S/C12H13BrN2OS/c1-16-12-3-2-9(6-15-12)5-14-7-11-4-10(13)8-17-11/h2-4,6,8,14H,5,7H2,1H3. The fourth-order valence-corrected chi connectivity index (χ4v) is 2.83. The lowest BCUT2D eigenvalue weighted by atomic mass is 10.3. The largest absolute Gasteiger partial charge is 0.481 e. The Balaban J connectivity index is 1.81. The van der Waals surface area contributed by atoms with Crippen molar-refractivity contribution in [1.82, 2.24) is 10.3 Å². The highest BCUT2D eigenvalue weighted by molar-refractivity contribution is 9.10. The van der Waals surface area contributed by atoms with Crippen LogP contribution in [0, 0.1) is 0 Å². The molecule has 2 heterocycles. The van der Waals surface area contributed by atoms with Gasteiger partial charge in [0.25, 0.3) is 0 Å². The van der Waals surface area contributed by atoms with Crippen LogP contribution in [0.25, 0.3) is 0 Å². The zero-order valence-electron chi connectivity index (χ0n) is 9.44. The number of methoxy groups -OCH3 is 1. The molecule has 0 bridgehead atoms. The van der Waals surface area contributed by atoms with E-state index in [9.17, 15) is 0 Å². The van der Waals surface area contributed by atoms with Crippen LogP contribution in [0.3, 0.4) is 0 Å². The third kappa shape index (κ3) is 3.80. The molecule has 0 spiro atoms. The van der Waals surface area contributed by atoms with Crippen LogP contribution in [-0.2, 0) is 13.1 Å². The smallest absolute Gasteiger partial charge is 0.212 e. The van der Waals surface area contributed by atoms with E-state index in [1.165, 1.54) is 4.88 Å². The summed E-state index contributed by atoms with van der Waals surface area (Å²) >= 11 is 5.19. The van der Waals surface area contributed by atoms with Crippen LogP contribution in [0.1, 0.15) is 10.4 Å². The molecular formula is C12H13BrN2OS. The number of rotatable bonds is 5. The van der Waals surface area contributed by atoms with Crippen LogP contribution >= 0.6 is 27.3 Å². The third-order valence-electron chi connectivity index (χ3n) is 2.26. The van der Waals surface area contributed by atoms with Crippen LogP contribution in [0.5, 0.6) is 5.88 Å². The maximum absolute atomic E-state index is 5.01. The summed E-state index contributed by atoms with van der Waals surface area (Å²) in [4.78, 5) is 5.48. The molecule has 0 aliphatic rings. The minimum absolute atomic E-state index is 0.649. The summed E-state index contributed by atoms with van der Waals surface area (Å²) in [5, 5.41) is 5.47. The second-order valence-corrected chi connectivity index (χ2v) is 5.46. The van der Waals surface area contributed by atoms with Crippen molar-refractivity contribution in [2.24, 2.45) is 0 Å². The van der Waals surface area contributed by atoms with Crippen LogP contribution in [0.15, 0.2) is 34.2 Å². The molecule has 0 unspecified atom stereocenters. The van der Waals surface area contributed by atoms with Crippen molar-refractivity contribution in [3.8, 4) is 5.88 Å². The Hall–Kier alpha value is -0.910. The lowest BCUT2D eigenvalue weighted by Crippen LogP contribution is -2.11. The summed E-state index contributed by atoms with van der Waals surface area (Å²) in [6.45, 7) is 1.69. The molecule has 90 valence electrons. The predicted molar refractivity (Wildman–Crippen MR) is 73.4 cm³/mol. The summed E-state index contributed by atoms with van der Waals surface area (Å²) in [7, 11) is 1.62. The number of hydrogen-bond donors (Lipinski definition) is 1. The summed E-state index contributed by atoms with van der Waals surface area (Å²) in [6.07, 6.45) is 1.83. The number of ether oxygens (including phenoxy) is 1. The first kappa shape index (κ1) is 12.5. The number of halogens is 1. The van der Waals surface area contributed by atoms with Crippen LogP contribution < -0.4 is 10.1 Å². The van der Waals surface area contributed by atoms with Crippen molar-refractivity contribution in [2.45, 2.75) is 13.1 Å². The molecule has 1 N–H and O–H groups in total. The number of aromatic nitrogens is 1. The van der Waals surface area contributed by atoms with Gasteiger partial charge >= 0.3 is 0 Å². The molecule has 0 aliphatic carbocycles. The van der Waals surface area contributed by atoms with Gasteiger partial charge in [0.15, 0.2) is 0 Å². The van der Waals surface area contributed by atoms with Gasteiger partial charge in [0.2, 0.25) is 5.88 Å². The van der Waals surface area contributed by atoms with E-state index in [2.05, 4.69) is 37.7 Å². The van der Waals surface area contributed by atoms with Crippen molar-refractivity contribution < 1.29 is 4.74 Å². The van der Waals surface area contributed by atoms with Crippen molar-refractivity contribution in [3.05, 3.63) is 44.7 Å². The van der Waals surface area contributed by atoms with E-state index >= 15 is 0 Å². The van der Waals surface area contributed by atoms with E-state index in [-0.39, 0.29) is 0 Å². The quantitative estimate of drug-likeness (QED) is 0.920. The zero-order valence-corrected chi connectivity index (χ0v) is 11.8. The molecule has 0 atom stereocenters. The highest BCUT2D eigenvalue weighted by Gasteiger charge is 1.98. The molecule has 0 aliphatic heterocycles. The first-order valence-corrected chi connectivity index (χ1v) is 6.88. The molecule has 2 rings (SSSR count). The number of nitrogens with zero attached hydrogens (tertiary/aromatic N) is 1. The van der Waals surface area contributed by atoms with E-state index in [1.54, 1.807) is 18.4 Å². The van der Waals surface area contributed by atoms with Gasteiger partial charge in [-0.25, -0.2) is 4.98 Å². The van der Waals surface area contributed by atoms with Crippen LogP contribution in [-0.4, -0.2) is 12.1 Å². The first-order valence-electron chi connectivity index (χ1n) is 5.20. The SMILES string of the molecule is COc1ccc(CNCc2cc(Br)cs2)cn1. The van der Waals surface area contributed by atoms with Gasteiger partial charge in [-0.15, -0.1) is 11.3 Å². The molecule has 17 heavy (non-hydrogen) atoms. The minimum atomic E-state index is 0.649. The summed E-state index contributed by atoms with van der Waals surface area (Å²) in [6, 6.07) is 6.02. The second kappa shape index (κ2) is 6.14. The lowest BCUT2D eigenvalue weighted by Gasteiger charge is -2.04. The molecule has 2 aromatic heterocycles. The number of thiophene rings is 1. The highest BCUT2D eigenvalue weighted by Crippen LogP contribution is 2.19. The normalized spacial score (nSPS) is 10.5. The van der Waals surface area contributed by atoms with Crippen LogP contribution in [0.2, 0.25) is 0 Å². The Labute approximate surface area is 113 Å². The molecule has 0 fully saturated rings. The summed E-state index contributed by atoms with van der Waals surface area (Å²) in [5.41, 5.74) is 1.15. The first-order chi connectivity index (χ1) is 8.28. The van der Waals surface area contributed by atoms with Gasteiger partial charge in [0, 0.05) is 40.1 Å². The number of nitrogens with one attached hydrogen (secondary N) is 1. The van der Waals surface area contributed by atoms with E-state index in [4.69, 9.17) is 4.74 Å². The van der Waals surface area contributed by atoms with Gasteiger partial charge in [-0.3, -0.25) is 0 Å². The molecule has 0 aromatic carbocycles. The van der Waals surface area contributed by atoms with E-state index in [1.807, 2.05) is 18.3 Å². The van der Waals surface area contributed by atoms with Gasteiger partial charge < -0.3 is 10.1 Å². The molecule has 2 aromatic rings. The fourth-order valence-electron chi connectivity index (χ4n) is 1.41. The predicted octanol–water partition coefficient (Wildman–Crippen LogP) is 3.20. The molecule has 0 radical (unpaired) electrons. The Morgan fingerprint density at radius 3 is 2.88 bits per heavy atom.